The van der Waals surface area contributed by atoms with Gasteiger partial charge in [0.15, 0.2) is 0 Å². The highest BCUT2D eigenvalue weighted by Crippen LogP contribution is 2.33. The Morgan fingerprint density at radius 2 is 1.93 bits per heavy atom. The van der Waals surface area contributed by atoms with Crippen molar-refractivity contribution in [3.8, 4) is 0 Å². The van der Waals surface area contributed by atoms with E-state index in [2.05, 4.69) is 4.98 Å². The molecule has 0 radical (unpaired) electrons. The number of rotatable bonds is 1. The molecule has 1 nitrogen and oxygen atoms in total. The summed E-state index contributed by atoms with van der Waals surface area (Å²) < 4.78 is 36.8. The molecule has 6 heteroatoms. The number of aryl methyl sites for hydroxylation is 2. The lowest BCUT2D eigenvalue weighted by Gasteiger charge is -2.10. The van der Waals surface area contributed by atoms with Crippen LogP contribution in [0.2, 0.25) is 0 Å². The normalized spacial score (nSPS) is 11.9. The molecule has 0 N–H and O–H groups in total. The first-order valence-electron chi connectivity index (χ1n) is 3.70. The maximum atomic E-state index is 12.3. The Labute approximate surface area is 88.2 Å². The standard InChI is InChI=1S/C8H7ClF3NS/c1-4-3-6(8(10,11)12)13-5(2)7(4)14-9/h3H,1-2H3. The summed E-state index contributed by atoms with van der Waals surface area (Å²) in [5, 5.41) is 0. The largest absolute Gasteiger partial charge is 0.433 e. The monoisotopic (exact) mass is 241 g/mol. The minimum Gasteiger partial charge on any atom is -0.247 e. The van der Waals surface area contributed by atoms with Crippen LogP contribution in [0.3, 0.4) is 0 Å². The van der Waals surface area contributed by atoms with E-state index in [0.717, 1.165) is 17.0 Å². The number of alkyl halides is 3. The van der Waals surface area contributed by atoms with Gasteiger partial charge in [-0.3, -0.25) is 0 Å². The number of hydrogen-bond donors (Lipinski definition) is 0. The molecule has 0 aliphatic carbocycles. The van der Waals surface area contributed by atoms with E-state index < -0.39 is 11.9 Å². The van der Waals surface area contributed by atoms with Crippen molar-refractivity contribution in [3.05, 3.63) is 23.0 Å². The van der Waals surface area contributed by atoms with Crippen LogP contribution in [0, 0.1) is 13.8 Å². The number of halogens is 4. The second-order valence-corrected chi connectivity index (χ2v) is 3.84. The highest BCUT2D eigenvalue weighted by molar-refractivity contribution is 8.21. The zero-order chi connectivity index (χ0) is 10.9. The van der Waals surface area contributed by atoms with Gasteiger partial charge in [-0.25, -0.2) is 4.98 Å². The minimum atomic E-state index is -4.40. The average molecular weight is 242 g/mol. The molecule has 0 amide bonds. The van der Waals surface area contributed by atoms with E-state index in [1.807, 2.05) is 0 Å². The molecule has 0 spiro atoms. The third-order valence-corrected chi connectivity index (χ3v) is 2.93. The predicted octanol–water partition coefficient (Wildman–Crippen LogP) is 3.96. The first-order chi connectivity index (χ1) is 6.36. The Morgan fingerprint density at radius 3 is 2.29 bits per heavy atom. The predicted molar refractivity (Wildman–Crippen MR) is 50.4 cm³/mol. The molecule has 0 aliphatic rings. The second kappa shape index (κ2) is 3.98. The molecule has 14 heavy (non-hydrogen) atoms. The molecule has 0 bridgehead atoms. The van der Waals surface area contributed by atoms with Crippen LogP contribution in [0.25, 0.3) is 0 Å². The third kappa shape index (κ3) is 2.33. The topological polar surface area (TPSA) is 12.9 Å². The van der Waals surface area contributed by atoms with Crippen LogP contribution in [-0.2, 0) is 6.18 Å². The summed E-state index contributed by atoms with van der Waals surface area (Å²) in [5.74, 6) is 0. The fourth-order valence-electron chi connectivity index (χ4n) is 1.08. The van der Waals surface area contributed by atoms with Gasteiger partial charge >= 0.3 is 6.18 Å². The van der Waals surface area contributed by atoms with Gasteiger partial charge in [0.05, 0.1) is 5.69 Å². The van der Waals surface area contributed by atoms with Gasteiger partial charge in [0.2, 0.25) is 0 Å². The lowest BCUT2D eigenvalue weighted by Crippen LogP contribution is -2.09. The number of nitrogens with zero attached hydrogens (tertiary/aromatic N) is 1. The highest BCUT2D eigenvalue weighted by Gasteiger charge is 2.33. The molecule has 0 atom stereocenters. The van der Waals surface area contributed by atoms with Crippen molar-refractivity contribution in [1.29, 1.82) is 0 Å². The van der Waals surface area contributed by atoms with Crippen molar-refractivity contribution in [2.45, 2.75) is 24.9 Å². The molecule has 0 fully saturated rings. The molecule has 1 rings (SSSR count). The van der Waals surface area contributed by atoms with Crippen LogP contribution in [-0.4, -0.2) is 4.98 Å². The van der Waals surface area contributed by atoms with E-state index >= 15 is 0 Å². The summed E-state index contributed by atoms with van der Waals surface area (Å²) >= 11 is 0. The highest BCUT2D eigenvalue weighted by atomic mass is 35.7. The van der Waals surface area contributed by atoms with Gasteiger partial charge < -0.3 is 0 Å². The molecule has 0 saturated carbocycles. The zero-order valence-corrected chi connectivity index (χ0v) is 9.02. The van der Waals surface area contributed by atoms with Crippen LogP contribution in [0.5, 0.6) is 0 Å². The summed E-state index contributed by atoms with van der Waals surface area (Å²) in [6, 6.07) is 0.998. The van der Waals surface area contributed by atoms with E-state index in [1.165, 1.54) is 6.92 Å². The molecule has 1 heterocycles. The first-order valence-corrected chi connectivity index (χ1v) is 5.34. The van der Waals surface area contributed by atoms with E-state index in [1.54, 1.807) is 6.92 Å². The maximum absolute atomic E-state index is 12.3. The summed E-state index contributed by atoms with van der Waals surface area (Å²) in [4.78, 5) is 4.03. The Hall–Kier alpha value is -0.420. The van der Waals surface area contributed by atoms with Crippen LogP contribution in [0.15, 0.2) is 11.0 Å². The molecular weight excluding hydrogens is 235 g/mol. The van der Waals surface area contributed by atoms with Crippen molar-refractivity contribution >= 4 is 21.7 Å². The summed E-state index contributed by atoms with van der Waals surface area (Å²) in [5.41, 5.74) is -0.0795. The van der Waals surface area contributed by atoms with Gasteiger partial charge in [0, 0.05) is 4.90 Å². The van der Waals surface area contributed by atoms with Crippen molar-refractivity contribution < 1.29 is 13.2 Å². The molecule has 0 aliphatic heterocycles. The Balaban J connectivity index is 3.28. The van der Waals surface area contributed by atoms with Gasteiger partial charge in [0.25, 0.3) is 0 Å². The summed E-state index contributed by atoms with van der Waals surface area (Å²) in [6.45, 7) is 3.08. The molecule has 0 saturated heterocycles. The van der Waals surface area contributed by atoms with E-state index in [9.17, 15) is 13.2 Å². The smallest absolute Gasteiger partial charge is 0.247 e. The van der Waals surface area contributed by atoms with Gasteiger partial charge in [-0.15, -0.1) is 0 Å². The SMILES string of the molecule is Cc1cc(C(F)(F)F)nc(C)c1SCl. The third-order valence-electron chi connectivity index (χ3n) is 1.70. The van der Waals surface area contributed by atoms with Gasteiger partial charge in [-0.1, -0.05) is 0 Å². The van der Waals surface area contributed by atoms with Crippen LogP contribution < -0.4 is 0 Å². The first kappa shape index (κ1) is 11.7. The number of hydrogen-bond acceptors (Lipinski definition) is 2. The van der Waals surface area contributed by atoms with Crippen LogP contribution in [0.4, 0.5) is 13.2 Å². The molecular formula is C8H7ClF3NS. The van der Waals surface area contributed by atoms with Gasteiger partial charge in [0.1, 0.15) is 5.69 Å². The van der Waals surface area contributed by atoms with E-state index in [-0.39, 0.29) is 0 Å². The fourth-order valence-corrected chi connectivity index (χ4v) is 2.12. The Kier molecular flexibility index (Phi) is 3.32. The lowest BCUT2D eigenvalue weighted by atomic mass is 10.2. The van der Waals surface area contributed by atoms with Crippen molar-refractivity contribution in [2.24, 2.45) is 0 Å². The number of aromatic nitrogens is 1. The van der Waals surface area contributed by atoms with Crippen molar-refractivity contribution in [1.82, 2.24) is 4.98 Å². The van der Waals surface area contributed by atoms with Crippen molar-refractivity contribution in [2.75, 3.05) is 0 Å². The average Bonchev–Trinajstić information content (AvgIpc) is 2.01. The molecule has 0 aromatic carbocycles. The zero-order valence-electron chi connectivity index (χ0n) is 7.44. The summed E-state index contributed by atoms with van der Waals surface area (Å²) in [6.07, 6.45) is -4.40. The maximum Gasteiger partial charge on any atom is 0.433 e. The molecule has 1 aromatic rings. The molecule has 0 unspecified atom stereocenters. The number of pyridine rings is 1. The fraction of sp³-hybridized carbons (Fsp3) is 0.375. The summed E-state index contributed by atoms with van der Waals surface area (Å²) in [7, 11) is 6.38. The Bertz CT molecular complexity index is 328. The Morgan fingerprint density at radius 1 is 1.36 bits per heavy atom. The molecule has 1 aromatic heterocycles. The quantitative estimate of drug-likeness (QED) is 0.738. The van der Waals surface area contributed by atoms with Crippen LogP contribution >= 0.6 is 21.7 Å². The van der Waals surface area contributed by atoms with Crippen molar-refractivity contribution in [3.63, 3.8) is 0 Å². The second-order valence-electron chi connectivity index (χ2n) is 2.81. The van der Waals surface area contributed by atoms with Gasteiger partial charge in [-0.2, -0.15) is 13.2 Å². The van der Waals surface area contributed by atoms with Crippen LogP contribution in [0.1, 0.15) is 17.0 Å². The van der Waals surface area contributed by atoms with E-state index in [0.29, 0.717) is 16.2 Å². The van der Waals surface area contributed by atoms with Gasteiger partial charge in [-0.05, 0) is 47.1 Å². The van der Waals surface area contributed by atoms with E-state index in [4.69, 9.17) is 10.7 Å². The molecule has 78 valence electrons. The lowest BCUT2D eigenvalue weighted by molar-refractivity contribution is -0.141. The minimum absolute atomic E-state index is 0.303.